The van der Waals surface area contributed by atoms with E-state index in [0.717, 1.165) is 33.4 Å². The van der Waals surface area contributed by atoms with E-state index in [1.165, 1.54) is 0 Å². The number of hydrogen-bond acceptors (Lipinski definition) is 4. The van der Waals surface area contributed by atoms with Crippen LogP contribution < -0.4 is 10.1 Å². The minimum atomic E-state index is -0.218. The number of nitrogens with zero attached hydrogens (tertiary/aromatic N) is 3. The van der Waals surface area contributed by atoms with Crippen LogP contribution in [0.15, 0.2) is 60.7 Å². The molecule has 7 heteroatoms. The molecule has 164 valence electrons. The van der Waals surface area contributed by atoms with E-state index in [1.807, 2.05) is 81.6 Å². The Kier molecular flexibility index (Phi) is 6.42. The van der Waals surface area contributed by atoms with Gasteiger partial charge in [0.2, 0.25) is 5.88 Å². The van der Waals surface area contributed by atoms with Crippen LogP contribution in [0.25, 0.3) is 11.0 Å². The fourth-order valence-corrected chi connectivity index (χ4v) is 3.94. The van der Waals surface area contributed by atoms with Crippen molar-refractivity contribution in [3.8, 4) is 5.88 Å². The Morgan fingerprint density at radius 2 is 1.84 bits per heavy atom. The predicted molar refractivity (Wildman–Crippen MR) is 126 cm³/mol. The van der Waals surface area contributed by atoms with Crippen LogP contribution in [0.2, 0.25) is 5.02 Å². The van der Waals surface area contributed by atoms with E-state index in [-0.39, 0.29) is 18.6 Å². The second-order valence-electron chi connectivity index (χ2n) is 7.86. The monoisotopic (exact) mass is 448 g/mol. The van der Waals surface area contributed by atoms with Crippen molar-refractivity contribution in [3.05, 3.63) is 88.1 Å². The minimum Gasteiger partial charge on any atom is -0.466 e. The van der Waals surface area contributed by atoms with Gasteiger partial charge in [-0.15, -0.1) is 5.10 Å². The van der Waals surface area contributed by atoms with Gasteiger partial charge in [0.25, 0.3) is 5.91 Å². The summed E-state index contributed by atoms with van der Waals surface area (Å²) in [6, 6.07) is 19.3. The van der Waals surface area contributed by atoms with E-state index >= 15 is 0 Å². The van der Waals surface area contributed by atoms with E-state index in [0.29, 0.717) is 17.3 Å². The van der Waals surface area contributed by atoms with Crippen LogP contribution in [-0.2, 0) is 18.3 Å². The Hall–Kier alpha value is -3.38. The third kappa shape index (κ3) is 4.92. The first-order chi connectivity index (χ1) is 15.4. The molecule has 0 fully saturated rings. The lowest BCUT2D eigenvalue weighted by atomic mass is 9.99. The normalized spacial score (nSPS) is 12.0. The van der Waals surface area contributed by atoms with Crippen molar-refractivity contribution in [1.29, 1.82) is 0 Å². The highest BCUT2D eigenvalue weighted by Gasteiger charge is 2.18. The molecule has 4 rings (SSSR count). The lowest BCUT2D eigenvalue weighted by Gasteiger charge is -2.19. The number of benzene rings is 2. The van der Waals surface area contributed by atoms with Crippen LogP contribution in [0.1, 0.15) is 28.4 Å². The van der Waals surface area contributed by atoms with Gasteiger partial charge in [-0.05, 0) is 55.2 Å². The smallest absolute Gasteiger partial charge is 0.258 e. The minimum absolute atomic E-state index is 0.136. The number of aromatic nitrogens is 3. The predicted octanol–water partition coefficient (Wildman–Crippen LogP) is 4.72. The summed E-state index contributed by atoms with van der Waals surface area (Å²) < 4.78 is 7.50. The molecule has 1 amide bonds. The lowest BCUT2D eigenvalue weighted by Crippen LogP contribution is -2.33. The molecular formula is C25H25ClN4O2. The number of rotatable bonds is 7. The van der Waals surface area contributed by atoms with Gasteiger partial charge in [0.1, 0.15) is 0 Å². The first-order valence-corrected chi connectivity index (χ1v) is 10.8. The molecule has 1 unspecified atom stereocenters. The van der Waals surface area contributed by atoms with Crippen molar-refractivity contribution in [3.63, 3.8) is 0 Å². The second-order valence-corrected chi connectivity index (χ2v) is 8.29. The zero-order valence-corrected chi connectivity index (χ0v) is 19.1. The van der Waals surface area contributed by atoms with Gasteiger partial charge >= 0.3 is 0 Å². The highest BCUT2D eigenvalue weighted by molar-refractivity contribution is 6.30. The van der Waals surface area contributed by atoms with Crippen molar-refractivity contribution >= 4 is 28.5 Å². The number of halogens is 1. The molecular weight excluding hydrogens is 424 g/mol. The van der Waals surface area contributed by atoms with Crippen LogP contribution in [0.3, 0.4) is 0 Å². The van der Waals surface area contributed by atoms with Crippen LogP contribution in [0, 0.1) is 13.8 Å². The number of carbonyl (C=O) groups excluding carboxylic acids is 1. The van der Waals surface area contributed by atoms with E-state index in [2.05, 4.69) is 15.4 Å². The standard InChI is InChI=1S/C25H25ClN4O2/c1-16-13-17(2)27-24-23(16)25(29-30(24)3)32-15-22(31)28-21(19-7-5-4-6-8-19)14-18-9-11-20(26)12-10-18/h4-13,21H,14-15H2,1-3H3,(H,28,31). The average molecular weight is 449 g/mol. The quantitative estimate of drug-likeness (QED) is 0.444. The Labute approximate surface area is 192 Å². The largest absolute Gasteiger partial charge is 0.466 e. The number of carbonyl (C=O) groups is 1. The number of ether oxygens (including phenoxy) is 1. The molecule has 0 aliphatic carbocycles. The summed E-state index contributed by atoms with van der Waals surface area (Å²) in [7, 11) is 1.82. The summed E-state index contributed by atoms with van der Waals surface area (Å²) in [5, 5.41) is 9.03. The Morgan fingerprint density at radius 3 is 2.56 bits per heavy atom. The molecule has 0 saturated carbocycles. The van der Waals surface area contributed by atoms with Crippen LogP contribution in [0.4, 0.5) is 0 Å². The molecule has 0 saturated heterocycles. The summed E-state index contributed by atoms with van der Waals surface area (Å²) in [6.45, 7) is 3.80. The Balaban J connectivity index is 1.49. The number of amides is 1. The first-order valence-electron chi connectivity index (χ1n) is 10.4. The number of aryl methyl sites for hydroxylation is 3. The molecule has 2 aromatic carbocycles. The Morgan fingerprint density at radius 1 is 1.12 bits per heavy atom. The molecule has 4 aromatic rings. The number of pyridine rings is 1. The van der Waals surface area contributed by atoms with Crippen molar-refractivity contribution in [2.45, 2.75) is 26.3 Å². The zero-order chi connectivity index (χ0) is 22.7. The van der Waals surface area contributed by atoms with Crippen LogP contribution in [-0.4, -0.2) is 27.3 Å². The molecule has 1 N–H and O–H groups in total. The van der Waals surface area contributed by atoms with E-state index < -0.39 is 0 Å². The van der Waals surface area contributed by atoms with Gasteiger partial charge in [-0.1, -0.05) is 54.1 Å². The maximum Gasteiger partial charge on any atom is 0.258 e. The van der Waals surface area contributed by atoms with Gasteiger partial charge < -0.3 is 10.1 Å². The maximum atomic E-state index is 12.8. The average Bonchev–Trinajstić information content (AvgIpc) is 3.09. The number of hydrogen-bond donors (Lipinski definition) is 1. The van der Waals surface area contributed by atoms with Crippen molar-refractivity contribution < 1.29 is 9.53 Å². The molecule has 0 bridgehead atoms. The summed E-state index contributed by atoms with van der Waals surface area (Å²) >= 11 is 6.01. The van der Waals surface area contributed by atoms with Gasteiger partial charge in [0.15, 0.2) is 12.3 Å². The summed E-state index contributed by atoms with van der Waals surface area (Å²) in [5.74, 6) is 0.195. The highest BCUT2D eigenvalue weighted by atomic mass is 35.5. The highest BCUT2D eigenvalue weighted by Crippen LogP contribution is 2.27. The molecule has 0 aliphatic rings. The molecule has 0 spiro atoms. The summed E-state index contributed by atoms with van der Waals surface area (Å²) in [4.78, 5) is 17.4. The van der Waals surface area contributed by atoms with Crippen molar-refractivity contribution in [2.75, 3.05) is 6.61 Å². The molecule has 6 nitrogen and oxygen atoms in total. The molecule has 2 heterocycles. The topological polar surface area (TPSA) is 69.0 Å². The van der Waals surface area contributed by atoms with Gasteiger partial charge in [-0.2, -0.15) is 0 Å². The molecule has 0 aliphatic heterocycles. The third-order valence-electron chi connectivity index (χ3n) is 5.32. The van der Waals surface area contributed by atoms with Gasteiger partial charge in [0.05, 0.1) is 11.4 Å². The molecule has 2 aromatic heterocycles. The van der Waals surface area contributed by atoms with Crippen molar-refractivity contribution in [1.82, 2.24) is 20.1 Å². The number of nitrogens with one attached hydrogen (secondary N) is 1. The zero-order valence-electron chi connectivity index (χ0n) is 18.3. The van der Waals surface area contributed by atoms with Gasteiger partial charge in [0, 0.05) is 17.8 Å². The SMILES string of the molecule is Cc1cc(C)c2c(OCC(=O)NC(Cc3ccc(Cl)cc3)c3ccccc3)nn(C)c2n1. The van der Waals surface area contributed by atoms with Crippen molar-refractivity contribution in [2.24, 2.45) is 7.05 Å². The fourth-order valence-electron chi connectivity index (χ4n) is 3.81. The first kappa shape index (κ1) is 21.8. The van der Waals surface area contributed by atoms with Crippen LogP contribution in [0.5, 0.6) is 5.88 Å². The fraction of sp³-hybridized carbons (Fsp3) is 0.240. The van der Waals surface area contributed by atoms with E-state index in [9.17, 15) is 4.79 Å². The van der Waals surface area contributed by atoms with E-state index in [4.69, 9.17) is 16.3 Å². The Bertz CT molecular complexity index is 1240. The van der Waals surface area contributed by atoms with Gasteiger partial charge in [-0.3, -0.25) is 4.79 Å². The van der Waals surface area contributed by atoms with Gasteiger partial charge in [-0.25, -0.2) is 9.67 Å². The lowest BCUT2D eigenvalue weighted by molar-refractivity contribution is -0.123. The third-order valence-corrected chi connectivity index (χ3v) is 5.57. The molecule has 0 radical (unpaired) electrons. The summed E-state index contributed by atoms with van der Waals surface area (Å²) in [5.41, 5.74) is 4.77. The second kappa shape index (κ2) is 9.40. The van der Waals surface area contributed by atoms with E-state index in [1.54, 1.807) is 4.68 Å². The molecule has 32 heavy (non-hydrogen) atoms. The molecule has 1 atom stereocenters. The summed E-state index contributed by atoms with van der Waals surface area (Å²) in [6.07, 6.45) is 0.641. The number of fused-ring (bicyclic) bond motifs is 1. The van der Waals surface area contributed by atoms with Crippen LogP contribution >= 0.6 is 11.6 Å². The maximum absolute atomic E-state index is 12.8.